The second-order valence-electron chi connectivity index (χ2n) is 8.19. The van der Waals surface area contributed by atoms with Crippen LogP contribution in [0.25, 0.3) is 11.1 Å². The van der Waals surface area contributed by atoms with Gasteiger partial charge in [-0.3, -0.25) is 15.1 Å². The molecule has 1 amide bonds. The average Bonchev–Trinajstić information content (AvgIpc) is 3.05. The van der Waals surface area contributed by atoms with Crippen LogP contribution in [0.4, 0.5) is 5.69 Å². The number of anilines is 1. The zero-order valence-electron chi connectivity index (χ0n) is 18.8. The molecule has 1 aromatic carbocycles. The number of hydrogen-bond acceptors (Lipinski definition) is 2. The maximum absolute atomic E-state index is 13.6. The molecule has 0 unspecified atom stereocenters. The lowest BCUT2D eigenvalue weighted by Crippen LogP contribution is -2.31. The van der Waals surface area contributed by atoms with Crippen LogP contribution >= 0.6 is 0 Å². The molecular weight excluding hydrogens is 346 g/mol. The molecule has 0 saturated heterocycles. The molecule has 0 spiro atoms. The summed E-state index contributed by atoms with van der Waals surface area (Å²) in [6, 6.07) is 0. The number of carbonyl (C=O) groups excluding carboxylic acids is 1. The van der Waals surface area contributed by atoms with Crippen LogP contribution < -0.4 is 4.90 Å². The Labute approximate surface area is 168 Å². The SMILES string of the molecule is CC(=N)N1C(=O)/C(=C(/C)c2c(C)c(C)c(C)n2C)c2c(C)c(C)c(C)c(C)c21. The first-order valence-electron chi connectivity index (χ1n) is 9.77. The number of allylic oxidation sites excluding steroid dienone is 1. The van der Waals surface area contributed by atoms with Gasteiger partial charge >= 0.3 is 0 Å². The second kappa shape index (κ2) is 6.47. The van der Waals surface area contributed by atoms with Gasteiger partial charge in [-0.05, 0) is 101 Å². The zero-order chi connectivity index (χ0) is 21.2. The van der Waals surface area contributed by atoms with Crippen molar-refractivity contribution in [3.05, 3.63) is 50.3 Å². The molecule has 0 atom stereocenters. The van der Waals surface area contributed by atoms with E-state index in [1.807, 2.05) is 6.92 Å². The third-order valence-corrected chi connectivity index (χ3v) is 6.91. The summed E-state index contributed by atoms with van der Waals surface area (Å²) >= 11 is 0. The van der Waals surface area contributed by atoms with E-state index in [0.717, 1.165) is 39.2 Å². The summed E-state index contributed by atoms with van der Waals surface area (Å²) in [6.45, 7) is 18.5. The Morgan fingerprint density at radius 1 is 0.786 bits per heavy atom. The van der Waals surface area contributed by atoms with Gasteiger partial charge in [0.25, 0.3) is 5.91 Å². The van der Waals surface area contributed by atoms with Crippen molar-refractivity contribution in [2.24, 2.45) is 7.05 Å². The summed E-state index contributed by atoms with van der Waals surface area (Å²) in [4.78, 5) is 15.2. The first-order chi connectivity index (χ1) is 12.9. The molecule has 0 radical (unpaired) electrons. The van der Waals surface area contributed by atoms with Crippen LogP contribution in [0.1, 0.15) is 64.2 Å². The van der Waals surface area contributed by atoms with Crippen molar-refractivity contribution in [1.82, 2.24) is 4.57 Å². The van der Waals surface area contributed by atoms with Crippen molar-refractivity contribution in [2.75, 3.05) is 4.90 Å². The van der Waals surface area contributed by atoms with E-state index in [9.17, 15) is 4.79 Å². The first kappa shape index (κ1) is 20.1. The molecule has 2 aromatic rings. The lowest BCUT2D eigenvalue weighted by molar-refractivity contribution is -0.112. The highest BCUT2D eigenvalue weighted by atomic mass is 16.2. The van der Waals surface area contributed by atoms with E-state index in [2.05, 4.69) is 60.1 Å². The lowest BCUT2D eigenvalue weighted by Gasteiger charge is -2.20. The third kappa shape index (κ3) is 2.43. The van der Waals surface area contributed by atoms with E-state index in [1.54, 1.807) is 11.8 Å². The Hall–Kier alpha value is -2.62. The molecule has 4 nitrogen and oxygen atoms in total. The van der Waals surface area contributed by atoms with E-state index >= 15 is 0 Å². The predicted molar refractivity (Wildman–Crippen MR) is 118 cm³/mol. The topological polar surface area (TPSA) is 49.1 Å². The van der Waals surface area contributed by atoms with E-state index in [0.29, 0.717) is 0 Å². The molecule has 2 heterocycles. The standard InChI is InChI=1S/C24H31N3O/c1-11-12(2)15(5)23-20(14(11)4)21(24(28)27(23)19(9)25)17(7)22-16(6)13(3)18(8)26(22)10/h25H,1-10H3/b21-17-,25-19?. The number of benzene rings is 1. The Morgan fingerprint density at radius 2 is 1.32 bits per heavy atom. The van der Waals surface area contributed by atoms with Gasteiger partial charge in [-0.2, -0.15) is 0 Å². The van der Waals surface area contributed by atoms with Crippen LogP contribution in [0.3, 0.4) is 0 Å². The number of nitrogens with one attached hydrogen (secondary N) is 1. The van der Waals surface area contributed by atoms with Crippen LogP contribution in [0.5, 0.6) is 0 Å². The van der Waals surface area contributed by atoms with Gasteiger partial charge in [0.2, 0.25) is 0 Å². The summed E-state index contributed by atoms with van der Waals surface area (Å²) in [5.41, 5.74) is 13.0. The van der Waals surface area contributed by atoms with Gasteiger partial charge in [-0.25, -0.2) is 0 Å². The minimum atomic E-state index is -0.0906. The fraction of sp³-hybridized carbons (Fsp3) is 0.417. The van der Waals surface area contributed by atoms with Crippen molar-refractivity contribution in [2.45, 2.75) is 62.3 Å². The monoisotopic (exact) mass is 377 g/mol. The molecule has 3 rings (SSSR count). The summed E-state index contributed by atoms with van der Waals surface area (Å²) in [5, 5.41) is 8.28. The number of carbonyl (C=O) groups is 1. The van der Waals surface area contributed by atoms with Crippen LogP contribution in [-0.4, -0.2) is 16.3 Å². The largest absolute Gasteiger partial charge is 0.348 e. The Kier molecular flexibility index (Phi) is 4.65. The average molecular weight is 378 g/mol. The van der Waals surface area contributed by atoms with Crippen molar-refractivity contribution in [3.8, 4) is 0 Å². The number of amides is 1. The summed E-state index contributed by atoms with van der Waals surface area (Å²) in [7, 11) is 2.06. The van der Waals surface area contributed by atoms with Gasteiger partial charge in [-0.1, -0.05) is 0 Å². The van der Waals surface area contributed by atoms with E-state index in [-0.39, 0.29) is 11.7 Å². The summed E-state index contributed by atoms with van der Waals surface area (Å²) in [6.07, 6.45) is 0. The van der Waals surface area contributed by atoms with E-state index in [1.165, 1.54) is 27.9 Å². The lowest BCUT2D eigenvalue weighted by atomic mass is 9.88. The fourth-order valence-corrected chi connectivity index (χ4v) is 4.64. The predicted octanol–water partition coefficient (Wildman–Crippen LogP) is 5.46. The molecule has 4 heteroatoms. The quantitative estimate of drug-likeness (QED) is 0.400. The highest BCUT2D eigenvalue weighted by Crippen LogP contribution is 2.47. The summed E-state index contributed by atoms with van der Waals surface area (Å²) in [5.74, 6) is 0.169. The zero-order valence-corrected chi connectivity index (χ0v) is 18.8. The van der Waals surface area contributed by atoms with Crippen LogP contribution in [0.2, 0.25) is 0 Å². The van der Waals surface area contributed by atoms with Crippen molar-refractivity contribution in [1.29, 1.82) is 5.41 Å². The highest BCUT2D eigenvalue weighted by molar-refractivity contribution is 6.44. The van der Waals surface area contributed by atoms with Crippen LogP contribution in [0.15, 0.2) is 0 Å². The second-order valence-corrected chi connectivity index (χ2v) is 8.19. The van der Waals surface area contributed by atoms with E-state index < -0.39 is 0 Å². The van der Waals surface area contributed by atoms with Gasteiger partial charge < -0.3 is 4.57 Å². The molecular formula is C24H31N3O. The highest BCUT2D eigenvalue weighted by Gasteiger charge is 2.39. The molecule has 28 heavy (non-hydrogen) atoms. The number of aromatic nitrogens is 1. The minimum absolute atomic E-state index is 0.0906. The minimum Gasteiger partial charge on any atom is -0.348 e. The van der Waals surface area contributed by atoms with Gasteiger partial charge in [0.15, 0.2) is 0 Å². The van der Waals surface area contributed by atoms with Gasteiger partial charge in [-0.15, -0.1) is 0 Å². The number of nitrogens with zero attached hydrogens (tertiary/aromatic N) is 2. The Bertz CT molecular complexity index is 1070. The number of fused-ring (bicyclic) bond motifs is 1. The fourth-order valence-electron chi connectivity index (χ4n) is 4.64. The number of hydrogen-bond donors (Lipinski definition) is 1. The molecule has 0 fully saturated rings. The van der Waals surface area contributed by atoms with Crippen molar-refractivity contribution < 1.29 is 4.79 Å². The normalized spacial score (nSPS) is 15.4. The van der Waals surface area contributed by atoms with Crippen LogP contribution in [-0.2, 0) is 11.8 Å². The third-order valence-electron chi connectivity index (χ3n) is 6.91. The van der Waals surface area contributed by atoms with Gasteiger partial charge in [0.05, 0.1) is 11.3 Å². The molecule has 1 aromatic heterocycles. The molecule has 1 N–H and O–H groups in total. The first-order valence-corrected chi connectivity index (χ1v) is 9.77. The van der Waals surface area contributed by atoms with Gasteiger partial charge in [0.1, 0.15) is 5.84 Å². The molecule has 148 valence electrons. The molecule has 0 aliphatic carbocycles. The van der Waals surface area contributed by atoms with Crippen LogP contribution in [0, 0.1) is 53.9 Å². The number of rotatable bonds is 1. The van der Waals surface area contributed by atoms with Crippen molar-refractivity contribution >= 4 is 28.6 Å². The van der Waals surface area contributed by atoms with E-state index in [4.69, 9.17) is 5.41 Å². The molecule has 1 aliphatic heterocycles. The molecule has 0 saturated carbocycles. The Balaban J connectivity index is 2.50. The summed E-state index contributed by atoms with van der Waals surface area (Å²) < 4.78 is 2.18. The molecule has 1 aliphatic rings. The Morgan fingerprint density at radius 3 is 1.79 bits per heavy atom. The maximum Gasteiger partial charge on any atom is 0.264 e. The smallest absolute Gasteiger partial charge is 0.264 e. The number of amidine groups is 1. The molecule has 0 bridgehead atoms. The van der Waals surface area contributed by atoms with Crippen molar-refractivity contribution in [3.63, 3.8) is 0 Å². The maximum atomic E-state index is 13.6. The van der Waals surface area contributed by atoms with Gasteiger partial charge in [0, 0.05) is 24.0 Å².